The van der Waals surface area contributed by atoms with Gasteiger partial charge in [0.1, 0.15) is 0 Å². The van der Waals surface area contributed by atoms with Gasteiger partial charge in [-0.3, -0.25) is 4.68 Å². The molecule has 0 amide bonds. The first-order chi connectivity index (χ1) is 6.31. The Morgan fingerprint density at radius 1 is 1.69 bits per heavy atom. The first-order valence-electron chi connectivity index (χ1n) is 4.80. The molecule has 1 aliphatic heterocycles. The molecule has 0 aliphatic carbocycles. The number of rotatable bonds is 2. The topological polar surface area (TPSA) is 55.9 Å². The van der Waals surface area contributed by atoms with Gasteiger partial charge in [0.05, 0.1) is 12.2 Å². The highest BCUT2D eigenvalue weighted by Gasteiger charge is 2.25. The van der Waals surface area contributed by atoms with Crippen LogP contribution in [0.4, 0.5) is 0 Å². The highest BCUT2D eigenvalue weighted by Crippen LogP contribution is 2.13. The van der Waals surface area contributed by atoms with Crippen molar-refractivity contribution in [2.75, 3.05) is 13.1 Å². The molecule has 2 atom stereocenters. The Labute approximate surface area is 78.1 Å². The molecule has 1 aromatic rings. The van der Waals surface area contributed by atoms with Crippen molar-refractivity contribution < 1.29 is 0 Å². The summed E-state index contributed by atoms with van der Waals surface area (Å²) in [7, 11) is 0. The van der Waals surface area contributed by atoms with Crippen molar-refractivity contribution in [2.45, 2.75) is 25.4 Å². The van der Waals surface area contributed by atoms with Crippen LogP contribution in [0.25, 0.3) is 0 Å². The van der Waals surface area contributed by atoms with Crippen LogP contribution in [0.1, 0.15) is 18.5 Å². The maximum Gasteiger partial charge on any atom is 0.0806 e. The predicted octanol–water partition coefficient (Wildman–Crippen LogP) is -0.0829. The summed E-state index contributed by atoms with van der Waals surface area (Å²) in [6.07, 6.45) is 5.05. The van der Waals surface area contributed by atoms with E-state index in [4.69, 9.17) is 5.73 Å². The normalized spacial score (nSPS) is 28.2. The SMILES string of the molecule is CCc1cnn(C2CNC[C@@H]2N)c1. The van der Waals surface area contributed by atoms with E-state index in [1.807, 2.05) is 10.9 Å². The van der Waals surface area contributed by atoms with Crippen LogP contribution in [-0.4, -0.2) is 28.9 Å². The summed E-state index contributed by atoms with van der Waals surface area (Å²) < 4.78 is 1.99. The summed E-state index contributed by atoms with van der Waals surface area (Å²) in [5.74, 6) is 0. The molecule has 1 saturated heterocycles. The van der Waals surface area contributed by atoms with Crippen LogP contribution in [0.15, 0.2) is 12.4 Å². The Balaban J connectivity index is 2.15. The van der Waals surface area contributed by atoms with Crippen molar-refractivity contribution in [1.29, 1.82) is 0 Å². The van der Waals surface area contributed by atoms with Gasteiger partial charge in [-0.05, 0) is 12.0 Å². The minimum Gasteiger partial charge on any atom is -0.325 e. The molecule has 1 fully saturated rings. The first-order valence-corrected chi connectivity index (χ1v) is 4.80. The maximum absolute atomic E-state index is 5.94. The Morgan fingerprint density at radius 2 is 2.54 bits per heavy atom. The van der Waals surface area contributed by atoms with Gasteiger partial charge in [-0.2, -0.15) is 5.10 Å². The second-order valence-corrected chi connectivity index (χ2v) is 3.57. The molecule has 0 saturated carbocycles. The molecule has 0 bridgehead atoms. The van der Waals surface area contributed by atoms with E-state index in [0.717, 1.165) is 19.5 Å². The van der Waals surface area contributed by atoms with E-state index in [-0.39, 0.29) is 6.04 Å². The summed E-state index contributed by atoms with van der Waals surface area (Å²) in [6, 6.07) is 0.532. The van der Waals surface area contributed by atoms with Gasteiger partial charge >= 0.3 is 0 Å². The minimum absolute atomic E-state index is 0.199. The minimum atomic E-state index is 0.199. The van der Waals surface area contributed by atoms with Gasteiger partial charge in [0, 0.05) is 25.3 Å². The third kappa shape index (κ3) is 1.59. The Hall–Kier alpha value is -0.870. The molecule has 2 rings (SSSR count). The van der Waals surface area contributed by atoms with Crippen LogP contribution in [0, 0.1) is 0 Å². The van der Waals surface area contributed by atoms with Crippen LogP contribution in [0.2, 0.25) is 0 Å². The molecule has 72 valence electrons. The second kappa shape index (κ2) is 3.47. The molecule has 0 radical (unpaired) electrons. The van der Waals surface area contributed by atoms with E-state index in [1.54, 1.807) is 0 Å². The monoisotopic (exact) mass is 180 g/mol. The maximum atomic E-state index is 5.94. The number of aromatic nitrogens is 2. The molecule has 1 aromatic heterocycles. The fraction of sp³-hybridized carbons (Fsp3) is 0.667. The molecule has 2 heterocycles. The fourth-order valence-corrected chi connectivity index (χ4v) is 1.72. The predicted molar refractivity (Wildman–Crippen MR) is 51.5 cm³/mol. The van der Waals surface area contributed by atoms with E-state index in [2.05, 4.69) is 23.5 Å². The Bertz CT molecular complexity index is 281. The highest BCUT2D eigenvalue weighted by atomic mass is 15.3. The average Bonchev–Trinajstić information content (AvgIpc) is 2.71. The lowest BCUT2D eigenvalue weighted by atomic mass is 10.2. The molecular weight excluding hydrogens is 164 g/mol. The van der Waals surface area contributed by atoms with Crippen LogP contribution in [-0.2, 0) is 6.42 Å². The lowest BCUT2D eigenvalue weighted by Gasteiger charge is -2.14. The zero-order valence-corrected chi connectivity index (χ0v) is 7.90. The largest absolute Gasteiger partial charge is 0.325 e. The summed E-state index contributed by atoms with van der Waals surface area (Å²) in [5, 5.41) is 7.58. The standard InChI is InChI=1S/C9H16N4/c1-2-7-3-12-13(6-7)9-5-11-4-8(9)10/h3,6,8-9,11H,2,4-5,10H2,1H3/t8-,9?/m0/s1. The van der Waals surface area contributed by atoms with Gasteiger partial charge in [-0.25, -0.2) is 0 Å². The van der Waals surface area contributed by atoms with Gasteiger partial charge in [0.15, 0.2) is 0 Å². The summed E-state index contributed by atoms with van der Waals surface area (Å²) in [6.45, 7) is 3.96. The average molecular weight is 180 g/mol. The third-order valence-corrected chi connectivity index (χ3v) is 2.63. The van der Waals surface area contributed by atoms with Gasteiger partial charge in [-0.15, -0.1) is 0 Å². The van der Waals surface area contributed by atoms with Crippen LogP contribution in [0.3, 0.4) is 0 Å². The van der Waals surface area contributed by atoms with Gasteiger partial charge in [0.2, 0.25) is 0 Å². The molecule has 4 nitrogen and oxygen atoms in total. The highest BCUT2D eigenvalue weighted by molar-refractivity contribution is 5.05. The molecule has 3 N–H and O–H groups in total. The van der Waals surface area contributed by atoms with E-state index in [9.17, 15) is 0 Å². The van der Waals surface area contributed by atoms with E-state index >= 15 is 0 Å². The van der Waals surface area contributed by atoms with Crippen molar-refractivity contribution in [3.63, 3.8) is 0 Å². The van der Waals surface area contributed by atoms with Gasteiger partial charge in [0.25, 0.3) is 0 Å². The van der Waals surface area contributed by atoms with Crippen LogP contribution >= 0.6 is 0 Å². The summed E-state index contributed by atoms with van der Waals surface area (Å²) >= 11 is 0. The number of aryl methyl sites for hydroxylation is 1. The smallest absolute Gasteiger partial charge is 0.0806 e. The fourth-order valence-electron chi connectivity index (χ4n) is 1.72. The lowest BCUT2D eigenvalue weighted by molar-refractivity contribution is 0.446. The van der Waals surface area contributed by atoms with Gasteiger partial charge in [-0.1, -0.05) is 6.92 Å². The lowest BCUT2D eigenvalue weighted by Crippen LogP contribution is -2.31. The van der Waals surface area contributed by atoms with Crippen molar-refractivity contribution in [1.82, 2.24) is 15.1 Å². The summed E-state index contributed by atoms with van der Waals surface area (Å²) in [5.41, 5.74) is 7.22. The van der Waals surface area contributed by atoms with Crippen LogP contribution < -0.4 is 11.1 Å². The zero-order chi connectivity index (χ0) is 9.26. The Kier molecular flexibility index (Phi) is 2.33. The quantitative estimate of drug-likeness (QED) is 0.669. The molecule has 1 unspecified atom stereocenters. The molecule has 0 aromatic carbocycles. The number of hydrogen-bond donors (Lipinski definition) is 2. The van der Waals surface area contributed by atoms with Crippen molar-refractivity contribution in [3.8, 4) is 0 Å². The van der Waals surface area contributed by atoms with E-state index in [0.29, 0.717) is 6.04 Å². The van der Waals surface area contributed by atoms with Crippen LogP contribution in [0.5, 0.6) is 0 Å². The number of nitrogens with one attached hydrogen (secondary N) is 1. The summed E-state index contributed by atoms with van der Waals surface area (Å²) in [4.78, 5) is 0. The number of nitrogens with zero attached hydrogens (tertiary/aromatic N) is 2. The van der Waals surface area contributed by atoms with E-state index in [1.165, 1.54) is 5.56 Å². The first kappa shape index (κ1) is 8.72. The molecule has 0 spiro atoms. The zero-order valence-electron chi connectivity index (χ0n) is 7.90. The van der Waals surface area contributed by atoms with Crippen molar-refractivity contribution in [3.05, 3.63) is 18.0 Å². The van der Waals surface area contributed by atoms with Crippen molar-refractivity contribution in [2.24, 2.45) is 5.73 Å². The Morgan fingerprint density at radius 3 is 3.08 bits per heavy atom. The third-order valence-electron chi connectivity index (χ3n) is 2.63. The molecule has 1 aliphatic rings. The second-order valence-electron chi connectivity index (χ2n) is 3.57. The van der Waals surface area contributed by atoms with Crippen molar-refractivity contribution >= 4 is 0 Å². The molecule has 13 heavy (non-hydrogen) atoms. The van der Waals surface area contributed by atoms with Gasteiger partial charge < -0.3 is 11.1 Å². The van der Waals surface area contributed by atoms with E-state index < -0.39 is 0 Å². The number of nitrogens with two attached hydrogens (primary N) is 1. The number of hydrogen-bond acceptors (Lipinski definition) is 3. The molecular formula is C9H16N4. The molecule has 4 heteroatoms.